The van der Waals surface area contributed by atoms with Gasteiger partial charge < -0.3 is 15.0 Å². The van der Waals surface area contributed by atoms with E-state index < -0.39 is 0 Å². The number of ether oxygens (including phenoxy) is 1. The molecule has 1 amide bonds. The number of benzene rings is 2. The minimum absolute atomic E-state index is 0.195. The summed E-state index contributed by atoms with van der Waals surface area (Å²) in [6.07, 6.45) is 1.46. The summed E-state index contributed by atoms with van der Waals surface area (Å²) in [4.78, 5) is 14.5. The molecule has 0 saturated carbocycles. The monoisotopic (exact) mass is 354 g/mol. The summed E-state index contributed by atoms with van der Waals surface area (Å²) in [5, 5.41) is 3.37. The van der Waals surface area contributed by atoms with Crippen LogP contribution in [0.3, 0.4) is 0 Å². The molecule has 2 aromatic carbocycles. The molecule has 4 nitrogen and oxygen atoms in total. The summed E-state index contributed by atoms with van der Waals surface area (Å²) in [6, 6.07) is 18.5. The van der Waals surface area contributed by atoms with Crippen LogP contribution >= 0.6 is 0 Å². The Hall–Kier alpha value is -2.33. The lowest BCUT2D eigenvalue weighted by molar-refractivity contribution is -0.133. The smallest absolute Gasteiger partial charge is 0.224 e. The van der Waals surface area contributed by atoms with E-state index in [1.54, 1.807) is 7.11 Å². The highest BCUT2D eigenvalue weighted by molar-refractivity contribution is 5.76. The highest BCUT2D eigenvalue weighted by Gasteiger charge is 2.16. The van der Waals surface area contributed by atoms with Crippen molar-refractivity contribution in [3.8, 4) is 5.75 Å². The number of rotatable bonds is 10. The van der Waals surface area contributed by atoms with Gasteiger partial charge in [0.15, 0.2) is 0 Å². The molecular formula is C22H30N2O2. The van der Waals surface area contributed by atoms with Gasteiger partial charge in [0.2, 0.25) is 5.91 Å². The molecule has 0 aliphatic rings. The molecule has 0 spiro atoms. The van der Waals surface area contributed by atoms with Gasteiger partial charge in [-0.2, -0.15) is 0 Å². The van der Waals surface area contributed by atoms with Crippen molar-refractivity contribution in [1.82, 2.24) is 10.2 Å². The van der Waals surface area contributed by atoms with E-state index >= 15 is 0 Å². The molecule has 0 aromatic heterocycles. The van der Waals surface area contributed by atoms with Crippen LogP contribution < -0.4 is 10.1 Å². The Labute approximate surface area is 157 Å². The second-order valence-corrected chi connectivity index (χ2v) is 6.70. The maximum absolute atomic E-state index is 12.6. The molecule has 0 heterocycles. The number of hydrogen-bond acceptors (Lipinski definition) is 3. The summed E-state index contributed by atoms with van der Waals surface area (Å²) in [7, 11) is 1.67. The number of nitrogens with zero attached hydrogens (tertiary/aromatic N) is 1. The first-order chi connectivity index (χ1) is 12.6. The second kappa shape index (κ2) is 10.6. The molecule has 4 heteroatoms. The number of carbonyl (C=O) groups is 1. The van der Waals surface area contributed by atoms with Gasteiger partial charge in [-0.1, -0.05) is 42.5 Å². The van der Waals surface area contributed by atoms with E-state index in [4.69, 9.17) is 4.74 Å². The van der Waals surface area contributed by atoms with Gasteiger partial charge in [0, 0.05) is 25.6 Å². The number of nitrogens with one attached hydrogen (secondary N) is 1. The van der Waals surface area contributed by atoms with Gasteiger partial charge >= 0.3 is 0 Å². The lowest BCUT2D eigenvalue weighted by atomic mass is 10.1. The zero-order chi connectivity index (χ0) is 18.8. The van der Waals surface area contributed by atoms with Crippen LogP contribution in [0.5, 0.6) is 5.75 Å². The fraction of sp³-hybridized carbons (Fsp3) is 0.409. The fourth-order valence-corrected chi connectivity index (χ4v) is 2.83. The highest BCUT2D eigenvalue weighted by atomic mass is 16.5. The summed E-state index contributed by atoms with van der Waals surface area (Å²) in [5.74, 6) is 1.07. The Kier molecular flexibility index (Phi) is 8.16. The molecule has 2 rings (SSSR count). The molecule has 140 valence electrons. The lowest BCUT2D eigenvalue weighted by Crippen LogP contribution is -2.38. The zero-order valence-electron chi connectivity index (χ0n) is 16.1. The van der Waals surface area contributed by atoms with E-state index in [1.807, 2.05) is 35.2 Å². The first-order valence-corrected chi connectivity index (χ1v) is 9.27. The van der Waals surface area contributed by atoms with Gasteiger partial charge in [-0.05, 0) is 50.1 Å². The van der Waals surface area contributed by atoms with Crippen LogP contribution in [-0.2, 0) is 17.8 Å². The molecule has 0 saturated heterocycles. The first kappa shape index (κ1) is 20.0. The van der Waals surface area contributed by atoms with Gasteiger partial charge in [0.05, 0.1) is 7.11 Å². The molecule has 0 fully saturated rings. The van der Waals surface area contributed by atoms with Crippen LogP contribution in [0.1, 0.15) is 31.4 Å². The van der Waals surface area contributed by atoms with Crippen LogP contribution in [0.2, 0.25) is 0 Å². The number of carbonyl (C=O) groups excluding carboxylic acids is 1. The Morgan fingerprint density at radius 3 is 2.31 bits per heavy atom. The number of methoxy groups -OCH3 is 1. The van der Waals surface area contributed by atoms with Gasteiger partial charge in [-0.15, -0.1) is 0 Å². The van der Waals surface area contributed by atoms with Crippen molar-refractivity contribution in [2.45, 2.75) is 39.3 Å². The van der Waals surface area contributed by atoms with Crippen molar-refractivity contribution in [2.75, 3.05) is 20.2 Å². The number of amides is 1. The summed E-state index contributed by atoms with van der Waals surface area (Å²) < 4.78 is 5.17. The molecule has 0 unspecified atom stereocenters. The topological polar surface area (TPSA) is 41.6 Å². The molecule has 0 aliphatic heterocycles. The summed E-state index contributed by atoms with van der Waals surface area (Å²) in [5.41, 5.74) is 2.43. The molecule has 0 radical (unpaired) electrons. The van der Waals surface area contributed by atoms with Gasteiger partial charge in [-0.3, -0.25) is 4.79 Å². The molecule has 26 heavy (non-hydrogen) atoms. The van der Waals surface area contributed by atoms with Crippen LogP contribution in [0, 0.1) is 0 Å². The zero-order valence-corrected chi connectivity index (χ0v) is 16.1. The quantitative estimate of drug-likeness (QED) is 0.662. The Morgan fingerprint density at radius 1 is 1.00 bits per heavy atom. The molecule has 0 aliphatic carbocycles. The SMILES string of the molecule is COc1ccc(CCNCCC(=O)N(Cc2ccccc2)C(C)C)cc1. The van der Waals surface area contributed by atoms with E-state index in [0.29, 0.717) is 19.5 Å². The van der Waals surface area contributed by atoms with Gasteiger partial charge in [0.1, 0.15) is 5.75 Å². The highest BCUT2D eigenvalue weighted by Crippen LogP contribution is 2.12. The van der Waals surface area contributed by atoms with E-state index in [2.05, 4.69) is 43.4 Å². The van der Waals surface area contributed by atoms with Crippen molar-refractivity contribution < 1.29 is 9.53 Å². The van der Waals surface area contributed by atoms with Crippen LogP contribution in [0.4, 0.5) is 0 Å². The predicted octanol–water partition coefficient (Wildman–Crippen LogP) is 3.65. The minimum atomic E-state index is 0.195. The van der Waals surface area contributed by atoms with Crippen molar-refractivity contribution in [1.29, 1.82) is 0 Å². The van der Waals surface area contributed by atoms with E-state index in [0.717, 1.165) is 18.7 Å². The third-order valence-electron chi connectivity index (χ3n) is 4.40. The average Bonchev–Trinajstić information content (AvgIpc) is 2.66. The van der Waals surface area contributed by atoms with Crippen molar-refractivity contribution in [3.63, 3.8) is 0 Å². The third-order valence-corrected chi connectivity index (χ3v) is 4.40. The van der Waals surface area contributed by atoms with E-state index in [9.17, 15) is 4.79 Å². The summed E-state index contributed by atoms with van der Waals surface area (Å²) in [6.45, 7) is 6.37. The molecule has 1 N–H and O–H groups in total. The van der Waals surface area contributed by atoms with E-state index in [-0.39, 0.29) is 11.9 Å². The summed E-state index contributed by atoms with van der Waals surface area (Å²) >= 11 is 0. The van der Waals surface area contributed by atoms with Crippen molar-refractivity contribution >= 4 is 5.91 Å². The normalized spacial score (nSPS) is 10.8. The largest absolute Gasteiger partial charge is 0.497 e. The standard InChI is InChI=1S/C22H30N2O2/c1-18(2)24(17-20-7-5-4-6-8-20)22(25)14-16-23-15-13-19-9-11-21(26-3)12-10-19/h4-12,18,23H,13-17H2,1-3H3. The Balaban J connectivity index is 1.71. The molecule has 0 bridgehead atoms. The maximum atomic E-state index is 12.6. The van der Waals surface area contributed by atoms with Crippen LogP contribution in [0.25, 0.3) is 0 Å². The minimum Gasteiger partial charge on any atom is -0.497 e. The van der Waals surface area contributed by atoms with Crippen LogP contribution in [0.15, 0.2) is 54.6 Å². The molecular weight excluding hydrogens is 324 g/mol. The van der Waals surface area contributed by atoms with Gasteiger partial charge in [0.25, 0.3) is 0 Å². The van der Waals surface area contributed by atoms with Crippen molar-refractivity contribution in [3.05, 3.63) is 65.7 Å². The Bertz CT molecular complexity index is 654. The number of hydrogen-bond donors (Lipinski definition) is 1. The van der Waals surface area contributed by atoms with Crippen molar-refractivity contribution in [2.24, 2.45) is 0 Å². The van der Waals surface area contributed by atoms with Gasteiger partial charge in [-0.25, -0.2) is 0 Å². The predicted molar refractivity (Wildman–Crippen MR) is 106 cm³/mol. The Morgan fingerprint density at radius 2 is 1.69 bits per heavy atom. The molecule has 0 atom stereocenters. The van der Waals surface area contributed by atoms with E-state index in [1.165, 1.54) is 11.1 Å². The maximum Gasteiger partial charge on any atom is 0.224 e. The third kappa shape index (κ3) is 6.52. The average molecular weight is 354 g/mol. The lowest BCUT2D eigenvalue weighted by Gasteiger charge is -2.27. The fourth-order valence-electron chi connectivity index (χ4n) is 2.83. The molecule has 2 aromatic rings. The van der Waals surface area contributed by atoms with Crippen LogP contribution in [-0.4, -0.2) is 37.0 Å². The first-order valence-electron chi connectivity index (χ1n) is 9.27. The second-order valence-electron chi connectivity index (χ2n) is 6.70.